The highest BCUT2D eigenvalue weighted by molar-refractivity contribution is 6.42. The van der Waals surface area contributed by atoms with E-state index < -0.39 is 0 Å². The maximum absolute atomic E-state index is 11.9. The van der Waals surface area contributed by atoms with Gasteiger partial charge in [0.2, 0.25) is 5.91 Å². The van der Waals surface area contributed by atoms with Crippen LogP contribution in [0.3, 0.4) is 0 Å². The number of rotatable bonds is 3. The zero-order valence-corrected chi connectivity index (χ0v) is 13.4. The van der Waals surface area contributed by atoms with Crippen molar-refractivity contribution in [2.24, 2.45) is 0 Å². The predicted octanol–water partition coefficient (Wildman–Crippen LogP) is 5.61. The van der Waals surface area contributed by atoms with Gasteiger partial charge in [-0.25, -0.2) is 0 Å². The molecular weight excluding hydrogens is 329 g/mol. The van der Waals surface area contributed by atoms with E-state index in [4.69, 9.17) is 34.8 Å². The van der Waals surface area contributed by atoms with Crippen LogP contribution in [0.15, 0.2) is 42.5 Å². The number of halogens is 3. The average molecular weight is 341 g/mol. The molecule has 21 heavy (non-hydrogen) atoms. The van der Waals surface area contributed by atoms with Crippen LogP contribution in [0.4, 0.5) is 5.69 Å². The minimum Gasteiger partial charge on any atom is -0.320 e. The van der Waals surface area contributed by atoms with E-state index in [1.165, 1.54) is 18.2 Å². The third-order valence-electron chi connectivity index (χ3n) is 2.76. The van der Waals surface area contributed by atoms with Crippen LogP contribution in [0.2, 0.25) is 15.1 Å². The van der Waals surface area contributed by atoms with Crippen LogP contribution >= 0.6 is 34.8 Å². The first kappa shape index (κ1) is 15.9. The van der Waals surface area contributed by atoms with Gasteiger partial charge in [0.15, 0.2) is 0 Å². The van der Waals surface area contributed by atoms with E-state index >= 15 is 0 Å². The Morgan fingerprint density at radius 1 is 1.05 bits per heavy atom. The van der Waals surface area contributed by atoms with E-state index in [1.54, 1.807) is 6.08 Å². The lowest BCUT2D eigenvalue weighted by atomic mass is 10.1. The summed E-state index contributed by atoms with van der Waals surface area (Å²) in [6.07, 6.45) is 3.14. The van der Waals surface area contributed by atoms with Crippen LogP contribution in [0.25, 0.3) is 6.08 Å². The lowest BCUT2D eigenvalue weighted by Crippen LogP contribution is -2.08. The largest absolute Gasteiger partial charge is 0.320 e. The van der Waals surface area contributed by atoms with Crippen LogP contribution in [0.1, 0.15) is 11.1 Å². The number of carbonyl (C=O) groups excluding carboxylic acids is 1. The van der Waals surface area contributed by atoms with Crippen molar-refractivity contribution in [3.63, 3.8) is 0 Å². The van der Waals surface area contributed by atoms with Gasteiger partial charge in [-0.05, 0) is 30.7 Å². The van der Waals surface area contributed by atoms with Gasteiger partial charge < -0.3 is 5.32 Å². The molecule has 0 aromatic heterocycles. The summed E-state index contributed by atoms with van der Waals surface area (Å²) >= 11 is 17.8. The Kier molecular flexibility index (Phi) is 5.29. The molecule has 0 atom stereocenters. The van der Waals surface area contributed by atoms with Gasteiger partial charge >= 0.3 is 0 Å². The topological polar surface area (TPSA) is 29.1 Å². The number of hydrogen-bond donors (Lipinski definition) is 1. The van der Waals surface area contributed by atoms with Gasteiger partial charge in [0, 0.05) is 11.1 Å². The minimum atomic E-state index is -0.318. The smallest absolute Gasteiger partial charge is 0.248 e. The quantitative estimate of drug-likeness (QED) is 0.723. The van der Waals surface area contributed by atoms with E-state index in [0.717, 1.165) is 11.1 Å². The lowest BCUT2D eigenvalue weighted by molar-refractivity contribution is -0.111. The summed E-state index contributed by atoms with van der Waals surface area (Å²) in [5, 5.41) is 3.65. The number of nitrogens with one attached hydrogen (secondary N) is 1. The van der Waals surface area contributed by atoms with E-state index in [0.29, 0.717) is 20.8 Å². The molecule has 0 aliphatic heterocycles. The van der Waals surface area contributed by atoms with Crippen molar-refractivity contribution < 1.29 is 4.79 Å². The molecule has 0 aliphatic rings. The monoisotopic (exact) mass is 339 g/mol. The van der Waals surface area contributed by atoms with Crippen molar-refractivity contribution >= 4 is 52.5 Å². The summed E-state index contributed by atoms with van der Waals surface area (Å²) in [5.41, 5.74) is 2.45. The van der Waals surface area contributed by atoms with Crippen LogP contribution in [-0.4, -0.2) is 5.91 Å². The van der Waals surface area contributed by atoms with Crippen molar-refractivity contribution in [1.29, 1.82) is 0 Å². The Balaban J connectivity index is 2.10. The second-order valence-corrected chi connectivity index (χ2v) is 5.73. The number of amides is 1. The maximum atomic E-state index is 11.9. The molecule has 108 valence electrons. The first-order valence-corrected chi connectivity index (χ1v) is 7.29. The molecule has 0 saturated heterocycles. The van der Waals surface area contributed by atoms with Gasteiger partial charge in [0.05, 0.1) is 15.7 Å². The van der Waals surface area contributed by atoms with Crippen molar-refractivity contribution in [3.8, 4) is 0 Å². The van der Waals surface area contributed by atoms with Crippen LogP contribution in [0.5, 0.6) is 0 Å². The van der Waals surface area contributed by atoms with Crippen molar-refractivity contribution in [1.82, 2.24) is 0 Å². The molecule has 0 spiro atoms. The molecule has 1 amide bonds. The average Bonchev–Trinajstić information content (AvgIpc) is 2.42. The van der Waals surface area contributed by atoms with Gasteiger partial charge in [0.1, 0.15) is 0 Å². The molecule has 0 radical (unpaired) electrons. The summed E-state index contributed by atoms with van der Waals surface area (Å²) in [6.45, 7) is 2.00. The van der Waals surface area contributed by atoms with Gasteiger partial charge in [-0.3, -0.25) is 4.79 Å². The SMILES string of the molecule is Cc1ccc(/C=C/C(=O)Nc2c(Cl)cc(Cl)cc2Cl)cc1. The molecule has 0 fully saturated rings. The Morgan fingerprint density at radius 3 is 2.19 bits per heavy atom. The van der Waals surface area contributed by atoms with E-state index in [1.807, 2.05) is 31.2 Å². The third kappa shape index (κ3) is 4.50. The molecule has 1 N–H and O–H groups in total. The molecule has 0 aliphatic carbocycles. The summed E-state index contributed by atoms with van der Waals surface area (Å²) in [7, 11) is 0. The molecule has 2 aromatic rings. The zero-order valence-electron chi connectivity index (χ0n) is 11.2. The fourth-order valence-electron chi connectivity index (χ4n) is 1.68. The fourth-order valence-corrected chi connectivity index (χ4v) is 2.59. The molecule has 2 rings (SSSR count). The van der Waals surface area contributed by atoms with Crippen LogP contribution in [0, 0.1) is 6.92 Å². The summed E-state index contributed by atoms with van der Waals surface area (Å²) in [6, 6.07) is 10.9. The molecule has 0 unspecified atom stereocenters. The minimum absolute atomic E-state index is 0.296. The number of hydrogen-bond acceptors (Lipinski definition) is 1. The molecular formula is C16H12Cl3NO. The first-order chi connectivity index (χ1) is 9.95. The Morgan fingerprint density at radius 2 is 1.62 bits per heavy atom. The molecule has 0 saturated carbocycles. The highest BCUT2D eigenvalue weighted by Gasteiger charge is 2.09. The number of benzene rings is 2. The van der Waals surface area contributed by atoms with E-state index in [2.05, 4.69) is 5.32 Å². The first-order valence-electron chi connectivity index (χ1n) is 6.16. The van der Waals surface area contributed by atoms with E-state index in [9.17, 15) is 4.79 Å². The Labute approximate surface area is 138 Å². The highest BCUT2D eigenvalue weighted by atomic mass is 35.5. The second-order valence-electron chi connectivity index (χ2n) is 4.48. The van der Waals surface area contributed by atoms with Crippen LogP contribution < -0.4 is 5.32 Å². The van der Waals surface area contributed by atoms with Gasteiger partial charge in [-0.15, -0.1) is 0 Å². The molecule has 2 nitrogen and oxygen atoms in total. The maximum Gasteiger partial charge on any atom is 0.248 e. The molecule has 0 heterocycles. The lowest BCUT2D eigenvalue weighted by Gasteiger charge is -2.07. The van der Waals surface area contributed by atoms with Crippen molar-refractivity contribution in [2.45, 2.75) is 6.92 Å². The molecule has 0 bridgehead atoms. The summed E-state index contributed by atoms with van der Waals surface area (Å²) in [4.78, 5) is 11.9. The Hall–Kier alpha value is -1.48. The third-order valence-corrected chi connectivity index (χ3v) is 3.57. The zero-order chi connectivity index (χ0) is 15.4. The summed E-state index contributed by atoms with van der Waals surface area (Å²) < 4.78 is 0. The van der Waals surface area contributed by atoms with Gasteiger partial charge in [0.25, 0.3) is 0 Å². The van der Waals surface area contributed by atoms with Crippen LogP contribution in [-0.2, 0) is 4.79 Å². The molecule has 2 aromatic carbocycles. The normalized spacial score (nSPS) is 10.9. The highest BCUT2D eigenvalue weighted by Crippen LogP contribution is 2.33. The fraction of sp³-hybridized carbons (Fsp3) is 0.0625. The number of aryl methyl sites for hydroxylation is 1. The van der Waals surface area contributed by atoms with Gasteiger partial charge in [-0.1, -0.05) is 64.6 Å². The van der Waals surface area contributed by atoms with Gasteiger partial charge in [-0.2, -0.15) is 0 Å². The summed E-state index contributed by atoms with van der Waals surface area (Å²) in [5.74, 6) is -0.318. The van der Waals surface area contributed by atoms with Crippen molar-refractivity contribution in [2.75, 3.05) is 5.32 Å². The number of carbonyl (C=O) groups is 1. The van der Waals surface area contributed by atoms with Crippen molar-refractivity contribution in [3.05, 3.63) is 68.7 Å². The molecule has 5 heteroatoms. The Bertz CT molecular complexity index is 670. The van der Waals surface area contributed by atoms with E-state index in [-0.39, 0.29) is 5.91 Å². The number of anilines is 1. The standard InChI is InChI=1S/C16H12Cl3NO/c1-10-2-4-11(5-3-10)6-7-15(21)20-16-13(18)8-12(17)9-14(16)19/h2-9H,1H3,(H,20,21)/b7-6+. The second kappa shape index (κ2) is 6.99. The predicted molar refractivity (Wildman–Crippen MR) is 90.3 cm³/mol.